The molecule has 2 N–H and O–H groups in total. The van der Waals surface area contributed by atoms with Crippen LogP contribution in [0.15, 0.2) is 70.4 Å². The van der Waals surface area contributed by atoms with Crippen LogP contribution in [0.1, 0.15) is 18.2 Å². The Balaban J connectivity index is 1.49. The second kappa shape index (κ2) is 10.8. The van der Waals surface area contributed by atoms with Gasteiger partial charge in [0.05, 0.1) is 12.9 Å². The zero-order chi connectivity index (χ0) is 20.3. The van der Waals surface area contributed by atoms with Gasteiger partial charge in [0.1, 0.15) is 17.3 Å². The predicted octanol–water partition coefficient (Wildman–Crippen LogP) is 3.77. The van der Waals surface area contributed by atoms with Crippen LogP contribution in [0.3, 0.4) is 0 Å². The van der Waals surface area contributed by atoms with Crippen molar-refractivity contribution in [1.29, 1.82) is 0 Å². The third kappa shape index (κ3) is 6.57. The van der Waals surface area contributed by atoms with Gasteiger partial charge >= 0.3 is 0 Å². The van der Waals surface area contributed by atoms with E-state index in [2.05, 4.69) is 20.6 Å². The first-order valence-electron chi connectivity index (χ1n) is 9.59. The number of nitrogens with zero attached hydrogens (tertiary/aromatic N) is 2. The molecule has 7 heteroatoms. The fourth-order valence-electron chi connectivity index (χ4n) is 2.67. The predicted molar refractivity (Wildman–Crippen MR) is 113 cm³/mol. The molecule has 0 aliphatic heterocycles. The van der Waals surface area contributed by atoms with Gasteiger partial charge in [-0.3, -0.25) is 4.99 Å². The molecule has 2 heterocycles. The maximum atomic E-state index is 5.84. The maximum absolute atomic E-state index is 5.84. The average molecular weight is 394 g/mol. The number of rotatable bonds is 9. The molecule has 2 aromatic heterocycles. The molecular weight excluding hydrogens is 368 g/mol. The molecule has 0 bridgehead atoms. The summed E-state index contributed by atoms with van der Waals surface area (Å²) in [6.07, 6.45) is 4.20. The molecule has 0 aliphatic carbocycles. The summed E-state index contributed by atoms with van der Waals surface area (Å²) in [6.45, 7) is 3.92. The molecule has 3 aromatic rings. The van der Waals surface area contributed by atoms with Crippen molar-refractivity contribution in [2.24, 2.45) is 4.99 Å². The van der Waals surface area contributed by atoms with E-state index in [4.69, 9.17) is 13.9 Å². The summed E-state index contributed by atoms with van der Waals surface area (Å²) < 4.78 is 16.6. The van der Waals surface area contributed by atoms with Gasteiger partial charge in [0, 0.05) is 38.8 Å². The lowest BCUT2D eigenvalue weighted by Crippen LogP contribution is -2.37. The minimum atomic E-state index is 0.536. The summed E-state index contributed by atoms with van der Waals surface area (Å²) >= 11 is 0. The monoisotopic (exact) mass is 394 g/mol. The van der Waals surface area contributed by atoms with E-state index in [-0.39, 0.29) is 0 Å². The van der Waals surface area contributed by atoms with Crippen molar-refractivity contribution in [2.45, 2.75) is 19.9 Å². The third-order valence-electron chi connectivity index (χ3n) is 4.08. The largest absolute Gasteiger partial charge is 0.494 e. The van der Waals surface area contributed by atoms with E-state index in [1.165, 1.54) is 0 Å². The zero-order valence-electron chi connectivity index (χ0n) is 16.7. The minimum Gasteiger partial charge on any atom is -0.494 e. The molecule has 0 amide bonds. The normalized spacial score (nSPS) is 11.2. The van der Waals surface area contributed by atoms with Crippen LogP contribution in [-0.4, -0.2) is 31.1 Å². The second-order valence-corrected chi connectivity index (χ2v) is 6.19. The van der Waals surface area contributed by atoms with Gasteiger partial charge in [-0.05, 0) is 55.0 Å². The van der Waals surface area contributed by atoms with Gasteiger partial charge in [0.25, 0.3) is 0 Å². The van der Waals surface area contributed by atoms with Crippen LogP contribution in [0.5, 0.6) is 17.4 Å². The van der Waals surface area contributed by atoms with Gasteiger partial charge in [0.15, 0.2) is 5.96 Å². The number of benzene rings is 1. The summed E-state index contributed by atoms with van der Waals surface area (Å²) in [7, 11) is 1.75. The summed E-state index contributed by atoms with van der Waals surface area (Å²) in [4.78, 5) is 8.52. The van der Waals surface area contributed by atoms with Crippen LogP contribution in [0, 0.1) is 0 Å². The van der Waals surface area contributed by atoms with Gasteiger partial charge in [-0.25, -0.2) is 4.98 Å². The number of pyridine rings is 1. The van der Waals surface area contributed by atoms with E-state index in [1.54, 1.807) is 19.5 Å². The van der Waals surface area contributed by atoms with Crippen molar-refractivity contribution < 1.29 is 13.9 Å². The molecule has 3 rings (SSSR count). The molecule has 0 fully saturated rings. The van der Waals surface area contributed by atoms with E-state index >= 15 is 0 Å². The Morgan fingerprint density at radius 1 is 1.10 bits per heavy atom. The van der Waals surface area contributed by atoms with E-state index in [0.29, 0.717) is 24.8 Å². The Kier molecular flexibility index (Phi) is 7.51. The Morgan fingerprint density at radius 3 is 2.66 bits per heavy atom. The Bertz CT molecular complexity index is 893. The smallest absolute Gasteiger partial charge is 0.219 e. The van der Waals surface area contributed by atoms with Gasteiger partial charge in [0.2, 0.25) is 5.88 Å². The molecule has 0 atom stereocenters. The highest BCUT2D eigenvalue weighted by molar-refractivity contribution is 5.79. The van der Waals surface area contributed by atoms with E-state index in [1.807, 2.05) is 55.5 Å². The standard InChI is InChI=1S/C22H26N4O3/c1-3-27-19-6-8-20(9-7-19)29-21-15-17(10-12-24-21)16-26-22(23-2)25-13-11-18-5-4-14-28-18/h4-10,12,14-15H,3,11,13,16H2,1-2H3,(H2,23,25,26). The molecule has 29 heavy (non-hydrogen) atoms. The molecule has 0 saturated heterocycles. The van der Waals surface area contributed by atoms with Gasteiger partial charge < -0.3 is 24.5 Å². The van der Waals surface area contributed by atoms with Crippen LogP contribution in [0.4, 0.5) is 0 Å². The molecular formula is C22H26N4O3. The number of aliphatic imine (C=N–C) groups is 1. The number of furan rings is 1. The molecule has 0 aliphatic rings. The van der Waals surface area contributed by atoms with Crippen molar-refractivity contribution >= 4 is 5.96 Å². The van der Waals surface area contributed by atoms with Crippen molar-refractivity contribution in [1.82, 2.24) is 15.6 Å². The van der Waals surface area contributed by atoms with Crippen molar-refractivity contribution in [3.8, 4) is 17.4 Å². The van der Waals surface area contributed by atoms with Crippen molar-refractivity contribution in [3.63, 3.8) is 0 Å². The summed E-state index contributed by atoms with van der Waals surface area (Å²) in [5.74, 6) is 3.73. The quantitative estimate of drug-likeness (QED) is 0.425. The van der Waals surface area contributed by atoms with Crippen LogP contribution >= 0.6 is 0 Å². The summed E-state index contributed by atoms with van der Waals surface area (Å²) in [6, 6.07) is 15.2. The summed E-state index contributed by atoms with van der Waals surface area (Å²) in [5.41, 5.74) is 1.04. The molecule has 0 unspecified atom stereocenters. The lowest BCUT2D eigenvalue weighted by atomic mass is 10.2. The number of hydrogen-bond donors (Lipinski definition) is 2. The lowest BCUT2D eigenvalue weighted by molar-refractivity contribution is 0.339. The topological polar surface area (TPSA) is 80.9 Å². The molecule has 0 saturated carbocycles. The van der Waals surface area contributed by atoms with Crippen LogP contribution in [0.25, 0.3) is 0 Å². The Hall–Kier alpha value is -3.48. The number of ether oxygens (including phenoxy) is 2. The van der Waals surface area contributed by atoms with Gasteiger partial charge in [-0.15, -0.1) is 0 Å². The van der Waals surface area contributed by atoms with Gasteiger partial charge in [-0.2, -0.15) is 0 Å². The first-order valence-corrected chi connectivity index (χ1v) is 9.59. The Labute approximate surface area is 170 Å². The number of nitrogens with one attached hydrogen (secondary N) is 2. The number of aromatic nitrogens is 1. The zero-order valence-corrected chi connectivity index (χ0v) is 16.7. The highest BCUT2D eigenvalue weighted by atomic mass is 16.5. The van der Waals surface area contributed by atoms with E-state index in [9.17, 15) is 0 Å². The average Bonchev–Trinajstić information content (AvgIpc) is 3.26. The number of guanidine groups is 1. The molecule has 0 spiro atoms. The van der Waals surface area contributed by atoms with E-state index < -0.39 is 0 Å². The van der Waals surface area contributed by atoms with E-state index in [0.717, 1.165) is 36.0 Å². The minimum absolute atomic E-state index is 0.536. The van der Waals surface area contributed by atoms with Crippen molar-refractivity contribution in [2.75, 3.05) is 20.2 Å². The third-order valence-corrected chi connectivity index (χ3v) is 4.08. The summed E-state index contributed by atoms with van der Waals surface area (Å²) in [5, 5.41) is 6.55. The number of hydrogen-bond acceptors (Lipinski definition) is 5. The maximum Gasteiger partial charge on any atom is 0.219 e. The second-order valence-electron chi connectivity index (χ2n) is 6.19. The highest BCUT2D eigenvalue weighted by Crippen LogP contribution is 2.23. The van der Waals surface area contributed by atoms with Crippen LogP contribution in [0.2, 0.25) is 0 Å². The Morgan fingerprint density at radius 2 is 1.93 bits per heavy atom. The van der Waals surface area contributed by atoms with Crippen LogP contribution in [-0.2, 0) is 13.0 Å². The van der Waals surface area contributed by atoms with Crippen molar-refractivity contribution in [3.05, 3.63) is 72.3 Å². The molecule has 7 nitrogen and oxygen atoms in total. The molecule has 1 aromatic carbocycles. The molecule has 152 valence electrons. The first kappa shape index (κ1) is 20.3. The highest BCUT2D eigenvalue weighted by Gasteiger charge is 2.04. The lowest BCUT2D eigenvalue weighted by Gasteiger charge is -2.12. The fraction of sp³-hybridized carbons (Fsp3) is 0.273. The molecule has 0 radical (unpaired) electrons. The van der Waals surface area contributed by atoms with Gasteiger partial charge in [-0.1, -0.05) is 0 Å². The first-order chi connectivity index (χ1) is 14.3. The van der Waals surface area contributed by atoms with Crippen LogP contribution < -0.4 is 20.1 Å². The fourth-order valence-corrected chi connectivity index (χ4v) is 2.67. The SMILES string of the molecule is CCOc1ccc(Oc2cc(CNC(=NC)NCCc3ccco3)ccn2)cc1.